The number of amides is 1. The average molecular weight is 342 g/mol. The van der Waals surface area contributed by atoms with Gasteiger partial charge in [0, 0.05) is 31.7 Å². The van der Waals surface area contributed by atoms with Crippen molar-refractivity contribution in [3.05, 3.63) is 29.8 Å². The SMILES string of the molecule is CC(C)CN1CCOC(CNC(=O)c2ccc(OC(F)F)cc2)C1. The molecule has 0 aliphatic carbocycles. The van der Waals surface area contributed by atoms with Crippen molar-refractivity contribution in [3.8, 4) is 5.75 Å². The minimum Gasteiger partial charge on any atom is -0.435 e. The normalized spacial score (nSPS) is 18.8. The molecule has 7 heteroatoms. The third kappa shape index (κ3) is 6.05. The third-order valence-corrected chi connectivity index (χ3v) is 3.68. The number of carbonyl (C=O) groups excluding carboxylic acids is 1. The molecule has 1 aromatic carbocycles. The number of alkyl halides is 2. The maximum Gasteiger partial charge on any atom is 0.387 e. The molecule has 1 aliphatic heterocycles. The van der Waals surface area contributed by atoms with Crippen molar-refractivity contribution in [3.63, 3.8) is 0 Å². The highest BCUT2D eigenvalue weighted by molar-refractivity contribution is 5.94. The van der Waals surface area contributed by atoms with Gasteiger partial charge in [0.1, 0.15) is 5.75 Å². The van der Waals surface area contributed by atoms with Gasteiger partial charge in [-0.25, -0.2) is 0 Å². The summed E-state index contributed by atoms with van der Waals surface area (Å²) >= 11 is 0. The Morgan fingerprint density at radius 1 is 1.38 bits per heavy atom. The highest BCUT2D eigenvalue weighted by Crippen LogP contribution is 2.15. The summed E-state index contributed by atoms with van der Waals surface area (Å²) in [6, 6.07) is 5.62. The van der Waals surface area contributed by atoms with Gasteiger partial charge in [0.25, 0.3) is 5.91 Å². The van der Waals surface area contributed by atoms with Gasteiger partial charge in [-0.3, -0.25) is 9.69 Å². The van der Waals surface area contributed by atoms with Crippen molar-refractivity contribution in [1.82, 2.24) is 10.2 Å². The molecule has 0 radical (unpaired) electrons. The fraction of sp³-hybridized carbons (Fsp3) is 0.588. The number of nitrogens with one attached hydrogen (secondary N) is 1. The Morgan fingerprint density at radius 3 is 2.71 bits per heavy atom. The molecule has 0 bridgehead atoms. The average Bonchev–Trinajstić information content (AvgIpc) is 2.52. The standard InChI is InChI=1S/C17H24F2N2O3/c1-12(2)10-21-7-8-23-15(11-21)9-20-16(22)13-3-5-14(6-4-13)24-17(18)19/h3-6,12,15,17H,7-11H2,1-2H3,(H,20,22). The van der Waals surface area contributed by atoms with Crippen LogP contribution in [0.2, 0.25) is 0 Å². The second-order valence-electron chi connectivity index (χ2n) is 6.26. The summed E-state index contributed by atoms with van der Waals surface area (Å²) in [5.74, 6) is 0.358. The molecule has 5 nitrogen and oxygen atoms in total. The van der Waals surface area contributed by atoms with E-state index in [1.54, 1.807) is 0 Å². The first kappa shape index (κ1) is 18.6. The van der Waals surface area contributed by atoms with Crippen LogP contribution >= 0.6 is 0 Å². The van der Waals surface area contributed by atoms with Crippen LogP contribution in [0.3, 0.4) is 0 Å². The molecule has 0 aromatic heterocycles. The fourth-order valence-corrected chi connectivity index (χ4v) is 2.68. The zero-order valence-corrected chi connectivity index (χ0v) is 14.0. The predicted octanol–water partition coefficient (Wildman–Crippen LogP) is 2.37. The van der Waals surface area contributed by atoms with Gasteiger partial charge >= 0.3 is 6.61 Å². The quantitative estimate of drug-likeness (QED) is 0.827. The van der Waals surface area contributed by atoms with Gasteiger partial charge in [0.15, 0.2) is 0 Å². The number of benzene rings is 1. The molecule has 134 valence electrons. The molecular weight excluding hydrogens is 318 g/mol. The molecule has 0 spiro atoms. The van der Waals surface area contributed by atoms with E-state index in [9.17, 15) is 13.6 Å². The van der Waals surface area contributed by atoms with Crippen molar-refractivity contribution in [2.24, 2.45) is 5.92 Å². The van der Waals surface area contributed by atoms with Crippen molar-refractivity contribution >= 4 is 5.91 Å². The van der Waals surface area contributed by atoms with E-state index in [-0.39, 0.29) is 17.8 Å². The molecule has 1 fully saturated rings. The molecule has 24 heavy (non-hydrogen) atoms. The van der Waals surface area contributed by atoms with E-state index in [1.165, 1.54) is 24.3 Å². The Labute approximate surface area is 140 Å². The minimum absolute atomic E-state index is 0.0292. The van der Waals surface area contributed by atoms with E-state index in [4.69, 9.17) is 4.74 Å². The highest BCUT2D eigenvalue weighted by Gasteiger charge is 2.21. The second kappa shape index (κ2) is 8.94. The van der Waals surface area contributed by atoms with E-state index in [2.05, 4.69) is 28.8 Å². The van der Waals surface area contributed by atoms with Crippen molar-refractivity contribution in [2.75, 3.05) is 32.8 Å². The van der Waals surface area contributed by atoms with Gasteiger partial charge in [-0.05, 0) is 30.2 Å². The van der Waals surface area contributed by atoms with E-state index < -0.39 is 6.61 Å². The van der Waals surface area contributed by atoms with Gasteiger partial charge in [-0.2, -0.15) is 8.78 Å². The van der Waals surface area contributed by atoms with E-state index in [0.717, 1.165) is 19.6 Å². The lowest BCUT2D eigenvalue weighted by Crippen LogP contribution is -2.48. The van der Waals surface area contributed by atoms with E-state index >= 15 is 0 Å². The Hall–Kier alpha value is -1.73. The first-order valence-electron chi connectivity index (χ1n) is 8.11. The molecule has 1 N–H and O–H groups in total. The Bertz CT molecular complexity index is 523. The number of carbonyl (C=O) groups is 1. The maximum atomic E-state index is 12.1. The number of hydrogen-bond acceptors (Lipinski definition) is 4. The van der Waals surface area contributed by atoms with Gasteiger partial charge in [0.05, 0.1) is 12.7 Å². The largest absolute Gasteiger partial charge is 0.435 e. The molecular formula is C17H24F2N2O3. The zero-order chi connectivity index (χ0) is 17.5. The molecule has 1 amide bonds. The second-order valence-corrected chi connectivity index (χ2v) is 6.26. The topological polar surface area (TPSA) is 50.8 Å². The summed E-state index contributed by atoms with van der Waals surface area (Å²) in [6.07, 6.45) is -0.0390. The summed E-state index contributed by atoms with van der Waals surface area (Å²) in [6.45, 7) is 5.27. The van der Waals surface area contributed by atoms with Crippen LogP contribution in [0.5, 0.6) is 5.75 Å². The van der Waals surface area contributed by atoms with E-state index in [0.29, 0.717) is 24.6 Å². The van der Waals surface area contributed by atoms with Crippen LogP contribution in [0.15, 0.2) is 24.3 Å². The summed E-state index contributed by atoms with van der Waals surface area (Å²) in [7, 11) is 0. The van der Waals surface area contributed by atoms with Gasteiger partial charge < -0.3 is 14.8 Å². The van der Waals surface area contributed by atoms with Crippen LogP contribution in [-0.4, -0.2) is 56.3 Å². The number of rotatable bonds is 7. The highest BCUT2D eigenvalue weighted by atomic mass is 19.3. The van der Waals surface area contributed by atoms with Crippen molar-refractivity contribution in [1.29, 1.82) is 0 Å². The smallest absolute Gasteiger partial charge is 0.387 e. The zero-order valence-electron chi connectivity index (χ0n) is 14.0. The molecule has 1 heterocycles. The van der Waals surface area contributed by atoms with Crippen molar-refractivity contribution in [2.45, 2.75) is 26.6 Å². The van der Waals surface area contributed by atoms with Crippen molar-refractivity contribution < 1.29 is 23.0 Å². The molecule has 0 saturated carbocycles. The summed E-state index contributed by atoms with van der Waals surface area (Å²) in [5.41, 5.74) is 0.395. The third-order valence-electron chi connectivity index (χ3n) is 3.68. The maximum absolute atomic E-state index is 12.1. The summed E-state index contributed by atoms with van der Waals surface area (Å²) in [4.78, 5) is 14.4. The van der Waals surface area contributed by atoms with E-state index in [1.807, 2.05) is 0 Å². The number of nitrogens with zero attached hydrogens (tertiary/aromatic N) is 1. The number of morpholine rings is 1. The fourth-order valence-electron chi connectivity index (χ4n) is 2.68. The van der Waals surface area contributed by atoms with Gasteiger partial charge in [-0.15, -0.1) is 0 Å². The van der Waals surface area contributed by atoms with Crippen LogP contribution in [-0.2, 0) is 4.74 Å². The predicted molar refractivity (Wildman–Crippen MR) is 86.4 cm³/mol. The Kier molecular flexibility index (Phi) is 6.93. The van der Waals surface area contributed by atoms with Gasteiger partial charge in [-0.1, -0.05) is 13.8 Å². The number of ether oxygens (including phenoxy) is 2. The molecule has 1 atom stereocenters. The lowest BCUT2D eigenvalue weighted by Gasteiger charge is -2.33. The Morgan fingerprint density at radius 2 is 2.08 bits per heavy atom. The summed E-state index contributed by atoms with van der Waals surface area (Å²) in [5, 5.41) is 2.82. The molecule has 1 aromatic rings. The lowest BCUT2D eigenvalue weighted by molar-refractivity contribution is -0.0498. The monoisotopic (exact) mass is 342 g/mol. The van der Waals surface area contributed by atoms with Crippen LogP contribution in [0.4, 0.5) is 8.78 Å². The molecule has 1 unspecified atom stereocenters. The Balaban J connectivity index is 1.80. The first-order chi connectivity index (χ1) is 11.4. The van der Waals surface area contributed by atoms with Gasteiger partial charge in [0.2, 0.25) is 0 Å². The molecule has 1 saturated heterocycles. The van der Waals surface area contributed by atoms with Crippen LogP contribution < -0.4 is 10.1 Å². The van der Waals surface area contributed by atoms with Crippen LogP contribution in [0.25, 0.3) is 0 Å². The number of hydrogen-bond donors (Lipinski definition) is 1. The molecule has 2 rings (SSSR count). The number of halogens is 2. The molecule has 1 aliphatic rings. The van der Waals surface area contributed by atoms with Crippen LogP contribution in [0.1, 0.15) is 24.2 Å². The lowest BCUT2D eigenvalue weighted by atomic mass is 10.1. The first-order valence-corrected chi connectivity index (χ1v) is 8.11. The minimum atomic E-state index is -2.87. The van der Waals surface area contributed by atoms with Crippen LogP contribution in [0, 0.1) is 5.92 Å². The summed E-state index contributed by atoms with van der Waals surface area (Å²) < 4.78 is 34.1.